The summed E-state index contributed by atoms with van der Waals surface area (Å²) in [7, 11) is -3.15. The molecule has 30 heavy (non-hydrogen) atoms. The maximum absolute atomic E-state index is 12.0. The maximum Gasteiger partial charge on any atom is 0.411 e. The zero-order valence-electron chi connectivity index (χ0n) is 16.8. The number of anilines is 4. The first kappa shape index (κ1) is 20.4. The van der Waals surface area contributed by atoms with Crippen LogP contribution in [-0.4, -0.2) is 73.9 Å². The zero-order chi connectivity index (χ0) is 21.3. The molecule has 160 valence electrons. The van der Waals surface area contributed by atoms with E-state index in [0.717, 1.165) is 17.2 Å². The van der Waals surface area contributed by atoms with Crippen molar-refractivity contribution < 1.29 is 18.3 Å². The number of hydrogen-bond donors (Lipinski definition) is 1. The molecule has 1 saturated heterocycles. The normalized spacial score (nSPS) is 17.7. The lowest BCUT2D eigenvalue weighted by Crippen LogP contribution is -2.49. The van der Waals surface area contributed by atoms with Crippen LogP contribution in [0.25, 0.3) is 0 Å². The van der Waals surface area contributed by atoms with Gasteiger partial charge in [0.25, 0.3) is 0 Å². The number of para-hydroxylation sites is 2. The third-order valence-electron chi connectivity index (χ3n) is 5.61. The van der Waals surface area contributed by atoms with Crippen molar-refractivity contribution in [1.29, 1.82) is 0 Å². The monoisotopic (exact) mass is 431 g/mol. The van der Waals surface area contributed by atoms with Crippen molar-refractivity contribution in [2.75, 3.05) is 59.7 Å². The minimum atomic E-state index is -3.15. The van der Waals surface area contributed by atoms with Crippen molar-refractivity contribution in [3.63, 3.8) is 0 Å². The van der Waals surface area contributed by atoms with E-state index < -0.39 is 16.1 Å². The highest BCUT2D eigenvalue weighted by molar-refractivity contribution is 7.89. The number of carbonyl (C=O) groups is 1. The van der Waals surface area contributed by atoms with Gasteiger partial charge in [0, 0.05) is 39.3 Å². The van der Waals surface area contributed by atoms with Gasteiger partial charge in [-0.2, -0.15) is 4.31 Å². The Balaban J connectivity index is 1.50. The molecule has 0 radical (unpaired) electrons. The summed E-state index contributed by atoms with van der Waals surface area (Å²) in [5.74, 6) is 0.932. The number of piperazine rings is 1. The Morgan fingerprint density at radius 2 is 1.70 bits per heavy atom. The van der Waals surface area contributed by atoms with E-state index in [1.807, 2.05) is 30.3 Å². The lowest BCUT2D eigenvalue weighted by atomic mass is 10.1. The summed E-state index contributed by atoms with van der Waals surface area (Å²) < 4.78 is 25.6. The van der Waals surface area contributed by atoms with Crippen molar-refractivity contribution in [3.05, 3.63) is 42.6 Å². The van der Waals surface area contributed by atoms with Crippen LogP contribution in [-0.2, 0) is 10.0 Å². The fourth-order valence-electron chi connectivity index (χ4n) is 3.93. The second kappa shape index (κ2) is 8.11. The van der Waals surface area contributed by atoms with Gasteiger partial charge in [0.1, 0.15) is 5.82 Å². The van der Waals surface area contributed by atoms with Gasteiger partial charge in [-0.3, -0.25) is 4.90 Å². The molecule has 1 amide bonds. The summed E-state index contributed by atoms with van der Waals surface area (Å²) in [6, 6.07) is 11.4. The Kier molecular flexibility index (Phi) is 5.52. The molecule has 0 atom stereocenters. The Morgan fingerprint density at radius 3 is 2.30 bits per heavy atom. The standard InChI is InChI=1S/C20H25N5O4S/c1-2-30(28,29)23-11-9-22(10-12-23)19-8-7-16(15-21-19)24-13-14-25(20(26)27)18-6-4-3-5-17(18)24/h3-8,15H,2,9-14H2,1H3,(H,26,27). The molecule has 0 aliphatic carbocycles. The topological polar surface area (TPSA) is 97.3 Å². The number of fused-ring (bicyclic) bond motifs is 1. The molecule has 1 N–H and O–H groups in total. The van der Waals surface area contributed by atoms with Crippen LogP contribution in [0.1, 0.15) is 6.92 Å². The van der Waals surface area contributed by atoms with E-state index in [4.69, 9.17) is 0 Å². The number of sulfonamides is 1. The van der Waals surface area contributed by atoms with E-state index in [0.29, 0.717) is 45.0 Å². The number of carboxylic acid groups (broad SMARTS) is 1. The minimum absolute atomic E-state index is 0.122. The van der Waals surface area contributed by atoms with Crippen LogP contribution in [0.5, 0.6) is 0 Å². The molecule has 1 aromatic heterocycles. The average Bonchev–Trinajstić information content (AvgIpc) is 2.78. The maximum atomic E-state index is 12.0. The molecule has 4 rings (SSSR count). The van der Waals surface area contributed by atoms with Crippen LogP contribution in [0, 0.1) is 0 Å². The van der Waals surface area contributed by atoms with Crippen molar-refractivity contribution in [1.82, 2.24) is 9.29 Å². The first-order valence-electron chi connectivity index (χ1n) is 9.96. The molecule has 0 saturated carbocycles. The molecular weight excluding hydrogens is 406 g/mol. The first-order chi connectivity index (χ1) is 14.4. The third-order valence-corrected chi connectivity index (χ3v) is 7.49. The molecule has 1 fully saturated rings. The number of benzene rings is 1. The first-order valence-corrected chi connectivity index (χ1v) is 11.6. The molecule has 2 aromatic rings. The highest BCUT2D eigenvalue weighted by atomic mass is 32.2. The van der Waals surface area contributed by atoms with E-state index in [1.54, 1.807) is 19.2 Å². The summed E-state index contributed by atoms with van der Waals surface area (Å²) in [6.45, 7) is 4.71. The molecule has 0 spiro atoms. The summed E-state index contributed by atoms with van der Waals surface area (Å²) in [5, 5.41) is 9.46. The summed E-state index contributed by atoms with van der Waals surface area (Å²) >= 11 is 0. The lowest BCUT2D eigenvalue weighted by Gasteiger charge is -2.37. The van der Waals surface area contributed by atoms with Gasteiger partial charge in [-0.25, -0.2) is 18.2 Å². The van der Waals surface area contributed by atoms with E-state index >= 15 is 0 Å². The smallest absolute Gasteiger partial charge is 0.411 e. The molecule has 2 aliphatic rings. The van der Waals surface area contributed by atoms with Crippen molar-refractivity contribution in [2.45, 2.75) is 6.92 Å². The van der Waals surface area contributed by atoms with Crippen LogP contribution in [0.15, 0.2) is 42.6 Å². The van der Waals surface area contributed by atoms with Gasteiger partial charge < -0.3 is 14.9 Å². The Bertz CT molecular complexity index is 1020. The van der Waals surface area contributed by atoms with Gasteiger partial charge in [0.05, 0.1) is 29.0 Å². The Hall–Kier alpha value is -2.85. The number of hydrogen-bond acceptors (Lipinski definition) is 6. The molecule has 9 nitrogen and oxygen atoms in total. The molecule has 3 heterocycles. The van der Waals surface area contributed by atoms with E-state index in [1.165, 1.54) is 9.21 Å². The van der Waals surface area contributed by atoms with E-state index in [9.17, 15) is 18.3 Å². The quantitative estimate of drug-likeness (QED) is 0.792. The molecule has 0 unspecified atom stereocenters. The molecule has 10 heteroatoms. The number of pyridine rings is 1. The number of aromatic nitrogens is 1. The fraction of sp³-hybridized carbons (Fsp3) is 0.400. The zero-order valence-corrected chi connectivity index (χ0v) is 17.6. The highest BCUT2D eigenvalue weighted by Gasteiger charge is 2.28. The van der Waals surface area contributed by atoms with E-state index in [2.05, 4.69) is 14.8 Å². The average molecular weight is 432 g/mol. The summed E-state index contributed by atoms with van der Waals surface area (Å²) in [5.41, 5.74) is 2.39. The van der Waals surface area contributed by atoms with Crippen molar-refractivity contribution in [3.8, 4) is 0 Å². The third kappa shape index (κ3) is 3.80. The van der Waals surface area contributed by atoms with Crippen LogP contribution in [0.3, 0.4) is 0 Å². The number of nitrogens with zero attached hydrogens (tertiary/aromatic N) is 5. The van der Waals surface area contributed by atoms with Crippen LogP contribution >= 0.6 is 0 Å². The fourth-order valence-corrected chi connectivity index (χ4v) is 5.02. The van der Waals surface area contributed by atoms with Gasteiger partial charge in [-0.1, -0.05) is 12.1 Å². The van der Waals surface area contributed by atoms with Gasteiger partial charge in [0.15, 0.2) is 0 Å². The number of rotatable bonds is 4. The highest BCUT2D eigenvalue weighted by Crippen LogP contribution is 2.37. The molecule has 1 aromatic carbocycles. The predicted molar refractivity (Wildman–Crippen MR) is 116 cm³/mol. The van der Waals surface area contributed by atoms with Crippen molar-refractivity contribution in [2.24, 2.45) is 0 Å². The van der Waals surface area contributed by atoms with Crippen LogP contribution in [0.2, 0.25) is 0 Å². The van der Waals surface area contributed by atoms with Crippen molar-refractivity contribution >= 4 is 39.0 Å². The summed E-state index contributed by atoms with van der Waals surface area (Å²) in [4.78, 5) is 21.6. The number of amides is 1. The molecule has 2 aliphatic heterocycles. The van der Waals surface area contributed by atoms with Gasteiger partial charge in [-0.15, -0.1) is 0 Å². The Morgan fingerprint density at radius 1 is 1.00 bits per heavy atom. The largest absolute Gasteiger partial charge is 0.465 e. The second-order valence-corrected chi connectivity index (χ2v) is 9.49. The van der Waals surface area contributed by atoms with Crippen LogP contribution < -0.4 is 14.7 Å². The predicted octanol–water partition coefficient (Wildman–Crippen LogP) is 2.19. The molecular formula is C20H25N5O4S. The van der Waals surface area contributed by atoms with Crippen LogP contribution in [0.4, 0.5) is 27.7 Å². The van der Waals surface area contributed by atoms with Gasteiger partial charge >= 0.3 is 6.09 Å². The molecule has 0 bridgehead atoms. The Labute approximate surface area is 176 Å². The second-order valence-electron chi connectivity index (χ2n) is 7.24. The van der Waals surface area contributed by atoms with Gasteiger partial charge in [0.2, 0.25) is 10.0 Å². The SMILES string of the molecule is CCS(=O)(=O)N1CCN(c2ccc(N3CCN(C(=O)O)c4ccccc43)cn2)CC1. The minimum Gasteiger partial charge on any atom is -0.465 e. The lowest BCUT2D eigenvalue weighted by molar-refractivity contribution is 0.201. The summed E-state index contributed by atoms with van der Waals surface area (Å²) in [6.07, 6.45) is 0.831. The van der Waals surface area contributed by atoms with Gasteiger partial charge in [-0.05, 0) is 31.2 Å². The van der Waals surface area contributed by atoms with E-state index in [-0.39, 0.29) is 5.75 Å².